The zero-order chi connectivity index (χ0) is 17.4. The lowest BCUT2D eigenvalue weighted by Gasteiger charge is -2.40. The molecule has 126 valence electrons. The van der Waals surface area contributed by atoms with E-state index in [9.17, 15) is 14.4 Å². The lowest BCUT2D eigenvalue weighted by Crippen LogP contribution is -2.59. The van der Waals surface area contributed by atoms with Gasteiger partial charge < -0.3 is 15.4 Å². The molecule has 0 aliphatic carbocycles. The maximum atomic E-state index is 12.5. The Morgan fingerprint density at radius 3 is 2.75 bits per heavy atom. The zero-order valence-electron chi connectivity index (χ0n) is 13.1. The second kappa shape index (κ2) is 6.27. The Labute approximate surface area is 147 Å². The Kier molecular flexibility index (Phi) is 4.31. The van der Waals surface area contributed by atoms with Crippen molar-refractivity contribution in [2.45, 2.75) is 19.0 Å². The molecule has 2 aliphatic heterocycles. The molecule has 0 spiro atoms. The van der Waals surface area contributed by atoms with Gasteiger partial charge in [0.25, 0.3) is 5.91 Å². The van der Waals surface area contributed by atoms with E-state index in [0.717, 1.165) is 4.47 Å². The number of ether oxygens (including phenoxy) is 1. The number of esters is 1. The van der Waals surface area contributed by atoms with Gasteiger partial charge in [0, 0.05) is 17.1 Å². The molecular weight excluding hydrogens is 378 g/mol. The summed E-state index contributed by atoms with van der Waals surface area (Å²) in [5.74, 6) is -1.10. The van der Waals surface area contributed by atoms with Gasteiger partial charge in [0.15, 0.2) is 0 Å². The van der Waals surface area contributed by atoms with Gasteiger partial charge in [-0.1, -0.05) is 28.1 Å². The lowest BCUT2D eigenvalue weighted by atomic mass is 9.93. The Balaban J connectivity index is 2.18. The third-order valence-corrected chi connectivity index (χ3v) is 4.46. The molecule has 0 unspecified atom stereocenters. The number of urea groups is 1. The Hall–Kier alpha value is -2.35. The smallest absolute Gasteiger partial charge is 0.338 e. The highest BCUT2D eigenvalue weighted by molar-refractivity contribution is 9.10. The number of piperazine rings is 1. The minimum absolute atomic E-state index is 0.0497. The number of rotatable bonds is 2. The van der Waals surface area contributed by atoms with Crippen LogP contribution in [0.3, 0.4) is 0 Å². The average Bonchev–Trinajstić information content (AvgIpc) is 2.54. The third kappa shape index (κ3) is 2.77. The van der Waals surface area contributed by atoms with Crippen molar-refractivity contribution in [3.05, 3.63) is 45.6 Å². The minimum Gasteiger partial charge on any atom is -0.466 e. The quantitative estimate of drug-likeness (QED) is 0.744. The molecule has 2 aliphatic rings. The van der Waals surface area contributed by atoms with Crippen molar-refractivity contribution in [2.75, 3.05) is 13.7 Å². The number of carbonyl (C=O) groups excluding carboxylic acids is 3. The van der Waals surface area contributed by atoms with Gasteiger partial charge in [0.05, 0.1) is 18.7 Å². The molecule has 3 rings (SSSR count). The molecule has 2 N–H and O–H groups in total. The van der Waals surface area contributed by atoms with Crippen molar-refractivity contribution in [1.29, 1.82) is 0 Å². The summed E-state index contributed by atoms with van der Waals surface area (Å²) in [5, 5.41) is 5.55. The van der Waals surface area contributed by atoms with Crippen molar-refractivity contribution < 1.29 is 19.1 Å². The maximum Gasteiger partial charge on any atom is 0.338 e. The van der Waals surface area contributed by atoms with Gasteiger partial charge in [-0.3, -0.25) is 9.69 Å². The van der Waals surface area contributed by atoms with Gasteiger partial charge in [-0.05, 0) is 24.6 Å². The monoisotopic (exact) mass is 393 g/mol. The molecule has 3 amide bonds. The van der Waals surface area contributed by atoms with E-state index in [1.165, 1.54) is 12.0 Å². The van der Waals surface area contributed by atoms with Crippen LogP contribution in [0.2, 0.25) is 0 Å². The van der Waals surface area contributed by atoms with Crippen LogP contribution in [-0.2, 0) is 14.3 Å². The van der Waals surface area contributed by atoms with Crippen LogP contribution in [-0.4, -0.2) is 42.5 Å². The minimum atomic E-state index is -0.757. The predicted octanol–water partition coefficient (Wildman–Crippen LogP) is 1.46. The summed E-state index contributed by atoms with van der Waals surface area (Å²) in [7, 11) is 1.25. The summed E-state index contributed by atoms with van der Waals surface area (Å²) in [6.07, 6.45) is 0. The van der Waals surface area contributed by atoms with E-state index in [0.29, 0.717) is 12.1 Å². The molecule has 8 heteroatoms. The second-order valence-corrected chi connectivity index (χ2v) is 6.59. The number of benzene rings is 1. The summed E-state index contributed by atoms with van der Waals surface area (Å²) in [6.45, 7) is 2.08. The number of nitrogens with zero attached hydrogens (tertiary/aromatic N) is 1. The van der Waals surface area contributed by atoms with E-state index < -0.39 is 23.9 Å². The normalized spacial score (nSPS) is 23.4. The number of carbonyl (C=O) groups is 3. The molecule has 7 nitrogen and oxygen atoms in total. The fraction of sp³-hybridized carbons (Fsp3) is 0.312. The molecule has 2 atom stereocenters. The van der Waals surface area contributed by atoms with E-state index in [-0.39, 0.29) is 17.3 Å². The van der Waals surface area contributed by atoms with Crippen LogP contribution in [0.15, 0.2) is 40.0 Å². The van der Waals surface area contributed by atoms with Crippen LogP contribution in [0, 0.1) is 0 Å². The van der Waals surface area contributed by atoms with Gasteiger partial charge >= 0.3 is 12.0 Å². The van der Waals surface area contributed by atoms with Crippen LogP contribution in [0.5, 0.6) is 0 Å². The van der Waals surface area contributed by atoms with Gasteiger partial charge in [0.1, 0.15) is 5.70 Å². The fourth-order valence-corrected chi connectivity index (χ4v) is 3.37. The SMILES string of the molecule is COC(=O)C1=C2C(=O)N[C@@H](C)CN2C(=O)N[C@@H]1c1cccc(Br)c1. The number of halogens is 1. The largest absolute Gasteiger partial charge is 0.466 e. The first-order chi connectivity index (χ1) is 11.4. The second-order valence-electron chi connectivity index (χ2n) is 5.68. The summed E-state index contributed by atoms with van der Waals surface area (Å²) in [5.41, 5.74) is 0.852. The van der Waals surface area contributed by atoms with E-state index in [1.807, 2.05) is 6.07 Å². The van der Waals surface area contributed by atoms with Crippen LogP contribution < -0.4 is 10.6 Å². The fourth-order valence-electron chi connectivity index (χ4n) is 2.95. The highest BCUT2D eigenvalue weighted by atomic mass is 79.9. The Morgan fingerprint density at radius 1 is 1.33 bits per heavy atom. The van der Waals surface area contributed by atoms with E-state index in [4.69, 9.17) is 4.74 Å². The standard InChI is InChI=1S/C16H16BrN3O4/c1-8-7-20-13(14(21)18-8)11(15(22)24-2)12(19-16(20)23)9-4-3-5-10(17)6-9/h3-6,8,12H,7H2,1-2H3,(H,18,21)(H,19,23)/t8-,12+/m0/s1. The lowest BCUT2D eigenvalue weighted by molar-refractivity contribution is -0.137. The number of nitrogens with one attached hydrogen (secondary N) is 2. The van der Waals surface area contributed by atoms with Crippen molar-refractivity contribution >= 4 is 33.8 Å². The van der Waals surface area contributed by atoms with E-state index >= 15 is 0 Å². The molecule has 1 aromatic carbocycles. The highest BCUT2D eigenvalue weighted by Gasteiger charge is 2.43. The third-order valence-electron chi connectivity index (χ3n) is 3.96. The number of amides is 3. The number of hydrogen-bond acceptors (Lipinski definition) is 4. The molecule has 0 bridgehead atoms. The molecule has 24 heavy (non-hydrogen) atoms. The first-order valence-corrected chi connectivity index (χ1v) is 8.18. The molecule has 2 heterocycles. The molecule has 0 aromatic heterocycles. The van der Waals surface area contributed by atoms with E-state index in [1.54, 1.807) is 25.1 Å². The first kappa shape index (κ1) is 16.5. The number of fused-ring (bicyclic) bond motifs is 1. The van der Waals surface area contributed by atoms with Crippen molar-refractivity contribution in [1.82, 2.24) is 15.5 Å². The number of methoxy groups -OCH3 is 1. The van der Waals surface area contributed by atoms with Gasteiger partial charge in [0.2, 0.25) is 0 Å². The predicted molar refractivity (Wildman–Crippen MR) is 88.8 cm³/mol. The first-order valence-electron chi connectivity index (χ1n) is 7.39. The summed E-state index contributed by atoms with van der Waals surface area (Å²) in [4.78, 5) is 38.6. The van der Waals surface area contributed by atoms with Crippen LogP contribution in [0.4, 0.5) is 4.79 Å². The molecule has 0 saturated carbocycles. The van der Waals surface area contributed by atoms with Gasteiger partial charge in [-0.25, -0.2) is 9.59 Å². The number of hydrogen-bond donors (Lipinski definition) is 2. The zero-order valence-corrected chi connectivity index (χ0v) is 14.7. The van der Waals surface area contributed by atoms with Crippen molar-refractivity contribution in [2.24, 2.45) is 0 Å². The van der Waals surface area contributed by atoms with Crippen LogP contribution in [0.1, 0.15) is 18.5 Å². The van der Waals surface area contributed by atoms with Crippen LogP contribution >= 0.6 is 15.9 Å². The highest BCUT2D eigenvalue weighted by Crippen LogP contribution is 2.33. The summed E-state index contributed by atoms with van der Waals surface area (Å²) in [6, 6.07) is 5.82. The molecule has 1 aromatic rings. The molecular formula is C16H16BrN3O4. The summed E-state index contributed by atoms with van der Waals surface area (Å²) < 4.78 is 5.66. The maximum absolute atomic E-state index is 12.5. The van der Waals surface area contributed by atoms with Gasteiger partial charge in [-0.15, -0.1) is 0 Å². The molecule has 0 radical (unpaired) electrons. The van der Waals surface area contributed by atoms with Crippen LogP contribution in [0.25, 0.3) is 0 Å². The molecule has 1 saturated heterocycles. The van der Waals surface area contributed by atoms with Crippen molar-refractivity contribution in [3.8, 4) is 0 Å². The molecule has 1 fully saturated rings. The van der Waals surface area contributed by atoms with E-state index in [2.05, 4.69) is 26.6 Å². The Bertz CT molecular complexity index is 761. The van der Waals surface area contributed by atoms with Crippen molar-refractivity contribution in [3.63, 3.8) is 0 Å². The van der Waals surface area contributed by atoms with Gasteiger partial charge in [-0.2, -0.15) is 0 Å². The topological polar surface area (TPSA) is 87.7 Å². The summed E-state index contributed by atoms with van der Waals surface area (Å²) >= 11 is 3.37. The average molecular weight is 394 g/mol. The Morgan fingerprint density at radius 2 is 2.08 bits per heavy atom.